The van der Waals surface area contributed by atoms with Crippen LogP contribution in [0.25, 0.3) is 55.0 Å². The van der Waals surface area contributed by atoms with Gasteiger partial charge in [0.25, 0.3) is 0 Å². The molecule has 5 heteroatoms. The van der Waals surface area contributed by atoms with Gasteiger partial charge in [-0.05, 0) is 121 Å². The fourth-order valence-electron chi connectivity index (χ4n) is 10.2. The lowest BCUT2D eigenvalue weighted by Gasteiger charge is -2.43. The van der Waals surface area contributed by atoms with Crippen LogP contribution >= 0.6 is 23.5 Å². The quantitative estimate of drug-likeness (QED) is 0.160. The second kappa shape index (κ2) is 14.5. The normalized spacial score (nSPS) is 13.4. The predicted molar refractivity (Wildman–Crippen MR) is 269 cm³/mol. The zero-order valence-electron chi connectivity index (χ0n) is 34.0. The summed E-state index contributed by atoms with van der Waals surface area (Å²) in [5.74, 6) is 0. The Labute approximate surface area is 375 Å². The number of hydrogen-bond acceptors (Lipinski definition) is 4. The van der Waals surface area contributed by atoms with E-state index in [-0.39, 0.29) is 0 Å². The van der Waals surface area contributed by atoms with Crippen molar-refractivity contribution in [2.24, 2.45) is 0 Å². The molecule has 0 saturated carbocycles. The Morgan fingerprint density at radius 1 is 0.333 bits per heavy atom. The maximum Gasteiger partial charge on any atom is 0.184 e. The molecule has 0 bridgehead atoms. The monoisotopic (exact) mass is 855 g/mol. The minimum atomic E-state index is -2.60. The average molecular weight is 856 g/mol. The van der Waals surface area contributed by atoms with Gasteiger partial charge in [0, 0.05) is 53.5 Å². The summed E-state index contributed by atoms with van der Waals surface area (Å²) in [6, 6.07) is 82.9. The molecule has 63 heavy (non-hydrogen) atoms. The fourth-order valence-corrected chi connectivity index (χ4v) is 19.3. The van der Waals surface area contributed by atoms with Crippen LogP contribution in [0.5, 0.6) is 0 Å². The van der Waals surface area contributed by atoms with Crippen LogP contribution in [0.4, 0.5) is 17.1 Å². The van der Waals surface area contributed by atoms with Gasteiger partial charge >= 0.3 is 0 Å². The third-order valence-corrected chi connectivity index (χ3v) is 21.0. The Morgan fingerprint density at radius 3 is 1.54 bits per heavy atom. The summed E-state index contributed by atoms with van der Waals surface area (Å²) >= 11 is 3.84. The van der Waals surface area contributed by atoms with Crippen molar-refractivity contribution >= 4 is 102 Å². The third kappa shape index (κ3) is 5.74. The highest BCUT2D eigenvalue weighted by Gasteiger charge is 2.51. The molecule has 2 nitrogen and oxygen atoms in total. The van der Waals surface area contributed by atoms with Crippen LogP contribution in [0.2, 0.25) is 0 Å². The van der Waals surface area contributed by atoms with Crippen LogP contribution in [-0.2, 0) is 0 Å². The molecule has 0 radical (unpaired) electrons. The molecule has 13 rings (SSSR count). The summed E-state index contributed by atoms with van der Waals surface area (Å²) in [6.45, 7) is 0. The van der Waals surface area contributed by atoms with E-state index in [2.05, 4.69) is 217 Å². The largest absolute Gasteiger partial charge is 0.456 e. The van der Waals surface area contributed by atoms with E-state index in [1.165, 1.54) is 73.4 Å². The fraction of sp³-hybridized carbons (Fsp3) is 0. The molecular weight excluding hydrogens is 819 g/mol. The predicted octanol–water partition coefficient (Wildman–Crippen LogP) is 13.8. The molecule has 296 valence electrons. The highest BCUT2D eigenvalue weighted by Crippen LogP contribution is 2.43. The SMILES string of the molecule is c1ccc2c(c1)Sc1ccccc1[Si]21c2ccccc2Sc2cc(-c3ccc(N(c4ccc(-c5cccc6ccccc56)cc4)c4ccc5c(c4)oc4ccccc45)cc3)ccc21. The van der Waals surface area contributed by atoms with Crippen LogP contribution in [0.3, 0.4) is 0 Å². The molecule has 0 unspecified atom stereocenters. The maximum atomic E-state index is 6.43. The van der Waals surface area contributed by atoms with Gasteiger partial charge < -0.3 is 9.32 Å². The molecule has 11 aromatic rings. The van der Waals surface area contributed by atoms with Crippen molar-refractivity contribution < 1.29 is 4.42 Å². The number of furan rings is 1. The van der Waals surface area contributed by atoms with E-state index in [4.69, 9.17) is 4.42 Å². The lowest BCUT2D eigenvalue weighted by Crippen LogP contribution is -2.78. The first-order chi connectivity index (χ1) is 31.2. The number of fused-ring (bicyclic) bond motifs is 12. The van der Waals surface area contributed by atoms with Crippen molar-refractivity contribution in [3.8, 4) is 22.3 Å². The van der Waals surface area contributed by atoms with E-state index in [1.54, 1.807) is 0 Å². The zero-order chi connectivity index (χ0) is 41.5. The Bertz CT molecular complexity index is 3530. The maximum absolute atomic E-state index is 6.43. The van der Waals surface area contributed by atoms with Crippen LogP contribution < -0.4 is 25.6 Å². The Kier molecular flexibility index (Phi) is 8.45. The van der Waals surface area contributed by atoms with Crippen LogP contribution in [0, 0.1) is 0 Å². The second-order valence-electron chi connectivity index (χ2n) is 16.4. The molecule has 2 aliphatic rings. The molecule has 0 N–H and O–H groups in total. The molecule has 10 aromatic carbocycles. The van der Waals surface area contributed by atoms with E-state index in [0.717, 1.165) is 39.0 Å². The minimum Gasteiger partial charge on any atom is -0.456 e. The molecular formula is C58H37NOS2Si. The van der Waals surface area contributed by atoms with Gasteiger partial charge in [-0.3, -0.25) is 0 Å². The smallest absolute Gasteiger partial charge is 0.184 e. The first kappa shape index (κ1) is 36.6. The minimum absolute atomic E-state index is 0.874. The number of para-hydroxylation sites is 1. The van der Waals surface area contributed by atoms with Crippen molar-refractivity contribution in [2.75, 3.05) is 4.90 Å². The summed E-state index contributed by atoms with van der Waals surface area (Å²) in [7, 11) is -2.60. The van der Waals surface area contributed by atoms with Gasteiger partial charge in [0.05, 0.1) is 0 Å². The number of anilines is 3. The van der Waals surface area contributed by atoms with Gasteiger partial charge in [-0.25, -0.2) is 0 Å². The van der Waals surface area contributed by atoms with E-state index < -0.39 is 8.07 Å². The topological polar surface area (TPSA) is 16.4 Å². The molecule has 3 heterocycles. The van der Waals surface area contributed by atoms with Gasteiger partial charge in [0.2, 0.25) is 0 Å². The number of nitrogens with zero attached hydrogens (tertiary/aromatic N) is 1. The number of hydrogen-bond donors (Lipinski definition) is 0. The van der Waals surface area contributed by atoms with E-state index in [9.17, 15) is 0 Å². The highest BCUT2D eigenvalue weighted by atomic mass is 32.2. The van der Waals surface area contributed by atoms with Gasteiger partial charge in [0.1, 0.15) is 11.2 Å². The van der Waals surface area contributed by atoms with Crippen molar-refractivity contribution in [1.82, 2.24) is 0 Å². The van der Waals surface area contributed by atoms with E-state index >= 15 is 0 Å². The van der Waals surface area contributed by atoms with Crippen molar-refractivity contribution in [3.05, 3.63) is 224 Å². The second-order valence-corrected chi connectivity index (χ2v) is 22.2. The van der Waals surface area contributed by atoms with Crippen molar-refractivity contribution in [1.29, 1.82) is 0 Å². The van der Waals surface area contributed by atoms with Gasteiger partial charge in [-0.15, -0.1) is 0 Å². The number of benzene rings is 10. The summed E-state index contributed by atoms with van der Waals surface area (Å²) in [5, 5.41) is 10.7. The molecule has 0 amide bonds. The van der Waals surface area contributed by atoms with Gasteiger partial charge in [-0.2, -0.15) is 0 Å². The van der Waals surface area contributed by atoms with Crippen LogP contribution in [0.15, 0.2) is 248 Å². The molecule has 2 aliphatic heterocycles. The van der Waals surface area contributed by atoms with Crippen LogP contribution in [-0.4, -0.2) is 8.07 Å². The zero-order valence-corrected chi connectivity index (χ0v) is 36.7. The Balaban J connectivity index is 0.919. The van der Waals surface area contributed by atoms with Crippen molar-refractivity contribution in [2.45, 2.75) is 19.6 Å². The summed E-state index contributed by atoms with van der Waals surface area (Å²) in [5.41, 5.74) is 9.80. The first-order valence-electron chi connectivity index (χ1n) is 21.4. The molecule has 1 aromatic heterocycles. The average Bonchev–Trinajstić information content (AvgIpc) is 3.72. The molecule has 0 fully saturated rings. The Hall–Kier alpha value is -7.02. The van der Waals surface area contributed by atoms with Gasteiger partial charge in [-0.1, -0.05) is 175 Å². The highest BCUT2D eigenvalue weighted by molar-refractivity contribution is 8.01. The Morgan fingerprint density at radius 2 is 0.841 bits per heavy atom. The van der Waals surface area contributed by atoms with Crippen molar-refractivity contribution in [3.63, 3.8) is 0 Å². The van der Waals surface area contributed by atoms with E-state index in [0.29, 0.717) is 0 Å². The summed E-state index contributed by atoms with van der Waals surface area (Å²) in [6.07, 6.45) is 0. The standard InChI is InChI=1S/C58H37NOS2Si/c1-2-14-45-39(12-1)13-11-16-46(45)40-26-31-43(32-27-40)59(44-33-34-48-47-15-3-4-17-49(47)60-50(48)37-44)42-29-24-38(25-30-42)41-28-35-58-54(36-41)62-53-20-7-10-23-57(53)63(58)55-21-8-5-18-51(55)61-52-19-6-9-22-56(52)63/h1-37H. The first-order valence-corrected chi connectivity index (χ1v) is 25.0. The van der Waals surface area contributed by atoms with E-state index in [1.807, 2.05) is 35.7 Å². The molecule has 0 aliphatic carbocycles. The number of rotatable bonds is 5. The molecule has 0 saturated heterocycles. The lowest BCUT2D eigenvalue weighted by atomic mass is 9.98. The summed E-state index contributed by atoms with van der Waals surface area (Å²) < 4.78 is 6.43. The van der Waals surface area contributed by atoms with Gasteiger partial charge in [0.15, 0.2) is 8.07 Å². The lowest BCUT2D eigenvalue weighted by molar-refractivity contribution is 0.669. The summed E-state index contributed by atoms with van der Waals surface area (Å²) in [4.78, 5) is 7.81. The third-order valence-electron chi connectivity index (χ3n) is 13.0. The van der Waals surface area contributed by atoms with Crippen LogP contribution in [0.1, 0.15) is 0 Å². The molecule has 0 atom stereocenters. The molecule has 1 spiro atoms.